The number of hydrogen-bond donors (Lipinski definition) is 1. The lowest BCUT2D eigenvalue weighted by Crippen LogP contribution is -2.23. The van der Waals surface area contributed by atoms with Gasteiger partial charge < -0.3 is 5.32 Å². The minimum Gasteiger partial charge on any atom is -0.319 e. The summed E-state index contributed by atoms with van der Waals surface area (Å²) in [6, 6.07) is 1.10. The molecule has 1 aromatic carbocycles. The number of carbonyl (C=O) groups excluding carboxylic acids is 1. The molecule has 5 nitrogen and oxygen atoms in total. The summed E-state index contributed by atoms with van der Waals surface area (Å²) >= 11 is 0. The Morgan fingerprint density at radius 2 is 1.62 bits per heavy atom. The third-order valence-corrected chi connectivity index (χ3v) is 4.38. The molecule has 2 aromatic heterocycles. The van der Waals surface area contributed by atoms with E-state index in [1.54, 1.807) is 0 Å². The van der Waals surface area contributed by atoms with Gasteiger partial charge in [0.25, 0.3) is 6.43 Å². The van der Waals surface area contributed by atoms with Crippen LogP contribution in [0.2, 0.25) is 0 Å². The number of fused-ring (bicyclic) bond motifs is 1. The number of hydrogen-bond acceptors (Lipinski definition) is 3. The van der Waals surface area contributed by atoms with Crippen LogP contribution in [0.15, 0.2) is 6.07 Å². The Morgan fingerprint density at radius 3 is 2.12 bits per heavy atom. The topological polar surface area (TPSA) is 59.8 Å². The van der Waals surface area contributed by atoms with Gasteiger partial charge in [0.15, 0.2) is 28.9 Å². The average Bonchev–Trinajstić information content (AvgIpc) is 2.97. The minimum atomic E-state index is -5.74. The number of aromatic nitrogens is 3. The molecular weight excluding hydrogens is 459 g/mol. The quantitative estimate of drug-likeness (QED) is 0.421. The summed E-state index contributed by atoms with van der Waals surface area (Å²) in [7, 11) is 0. The third kappa shape index (κ3) is 3.96. The molecule has 0 saturated carbocycles. The molecule has 2 heterocycles. The first-order valence-electron chi connectivity index (χ1n) is 8.59. The Kier molecular flexibility index (Phi) is 5.82. The monoisotopic (exact) mass is 470 g/mol. The van der Waals surface area contributed by atoms with E-state index in [1.807, 2.05) is 0 Å². The Hall–Kier alpha value is -3.32. The highest BCUT2D eigenvalue weighted by Crippen LogP contribution is 2.38. The van der Waals surface area contributed by atoms with Crippen molar-refractivity contribution < 1.29 is 44.3 Å². The fourth-order valence-electron chi connectivity index (χ4n) is 3.11. The summed E-state index contributed by atoms with van der Waals surface area (Å²) in [4.78, 5) is 16.2. The molecule has 32 heavy (non-hydrogen) atoms. The molecule has 0 fully saturated rings. The summed E-state index contributed by atoms with van der Waals surface area (Å²) in [5.41, 5.74) is -5.01. The first-order chi connectivity index (χ1) is 14.7. The van der Waals surface area contributed by atoms with Gasteiger partial charge in [-0.25, -0.2) is 36.0 Å². The molecular formula is C18H11F9N4O. The van der Waals surface area contributed by atoms with Crippen LogP contribution < -0.4 is 5.32 Å². The largest absolute Gasteiger partial charge is 0.422 e. The number of amides is 1. The second-order valence-corrected chi connectivity index (χ2v) is 6.65. The van der Waals surface area contributed by atoms with E-state index in [0.717, 1.165) is 10.7 Å². The fraction of sp³-hybridized carbons (Fsp3) is 0.278. The number of aryl methyl sites for hydroxylation is 2. The van der Waals surface area contributed by atoms with Crippen LogP contribution in [0.4, 0.5) is 45.2 Å². The van der Waals surface area contributed by atoms with E-state index in [4.69, 9.17) is 0 Å². The maximum absolute atomic E-state index is 14.0. The smallest absolute Gasteiger partial charge is 0.319 e. The van der Waals surface area contributed by atoms with Crippen LogP contribution in [0, 0.1) is 37.1 Å². The molecule has 172 valence electrons. The highest BCUT2D eigenvalue weighted by molar-refractivity contribution is 5.92. The number of benzene rings is 1. The number of anilines is 1. The predicted molar refractivity (Wildman–Crippen MR) is 91.9 cm³/mol. The SMILES string of the molecule is Cc1cc(C(F)F)c2c(C)nn(CC(=O)Nc3c(F)c(F)c(C(F)(F)F)c(F)c3F)c2n1. The Bertz CT molecular complexity index is 1200. The van der Waals surface area contributed by atoms with Crippen LogP contribution in [-0.2, 0) is 17.5 Å². The van der Waals surface area contributed by atoms with Gasteiger partial charge in [-0.3, -0.25) is 4.79 Å². The van der Waals surface area contributed by atoms with E-state index >= 15 is 0 Å². The van der Waals surface area contributed by atoms with Gasteiger partial charge in [0, 0.05) is 11.3 Å². The second-order valence-electron chi connectivity index (χ2n) is 6.65. The van der Waals surface area contributed by atoms with E-state index < -0.39 is 65.1 Å². The Morgan fingerprint density at radius 1 is 1.06 bits per heavy atom. The van der Waals surface area contributed by atoms with Crippen LogP contribution in [0.1, 0.15) is 28.9 Å². The van der Waals surface area contributed by atoms with E-state index in [2.05, 4.69) is 10.1 Å². The average molecular weight is 470 g/mol. The van der Waals surface area contributed by atoms with Crippen molar-refractivity contribution in [2.45, 2.75) is 33.0 Å². The molecule has 0 radical (unpaired) electrons. The predicted octanol–water partition coefficient (Wildman–Crippen LogP) is 5.20. The maximum atomic E-state index is 14.0. The molecule has 3 aromatic rings. The standard InChI is InChI=1S/C18H11F9N4O/c1-5-3-7(16(23)24)9-6(2)30-31(17(9)28-5)4-8(32)29-15-13(21)11(19)10(18(25,26)27)12(20)14(15)22/h3,16H,4H2,1-2H3,(H,29,32). The van der Waals surface area contributed by atoms with Crippen LogP contribution >= 0.6 is 0 Å². The lowest BCUT2D eigenvalue weighted by atomic mass is 10.1. The zero-order valence-corrected chi connectivity index (χ0v) is 16.0. The van der Waals surface area contributed by atoms with Crippen LogP contribution in [-0.4, -0.2) is 20.7 Å². The normalized spacial score (nSPS) is 12.1. The van der Waals surface area contributed by atoms with Crippen LogP contribution in [0.3, 0.4) is 0 Å². The van der Waals surface area contributed by atoms with Gasteiger partial charge in [-0.2, -0.15) is 18.3 Å². The number of alkyl halides is 5. The zero-order valence-electron chi connectivity index (χ0n) is 16.0. The second kappa shape index (κ2) is 7.98. The molecule has 0 atom stereocenters. The summed E-state index contributed by atoms with van der Waals surface area (Å²) in [5.74, 6) is -11.8. The van der Waals surface area contributed by atoms with Crippen molar-refractivity contribution in [2.75, 3.05) is 5.32 Å². The molecule has 3 rings (SSSR count). The molecule has 1 N–H and O–H groups in total. The van der Waals surface area contributed by atoms with E-state index in [-0.39, 0.29) is 22.4 Å². The van der Waals surface area contributed by atoms with Crippen molar-refractivity contribution in [1.29, 1.82) is 0 Å². The first-order valence-corrected chi connectivity index (χ1v) is 8.59. The fourth-order valence-corrected chi connectivity index (χ4v) is 3.11. The van der Waals surface area contributed by atoms with E-state index in [0.29, 0.717) is 0 Å². The summed E-state index contributed by atoms with van der Waals surface area (Å²) in [6.07, 6.45) is -8.65. The lowest BCUT2D eigenvalue weighted by Gasteiger charge is -2.14. The van der Waals surface area contributed by atoms with Crippen molar-refractivity contribution in [1.82, 2.24) is 14.8 Å². The number of halogens is 9. The highest BCUT2D eigenvalue weighted by Gasteiger charge is 2.42. The summed E-state index contributed by atoms with van der Waals surface area (Å²) in [5, 5.41) is 5.22. The van der Waals surface area contributed by atoms with Gasteiger partial charge in [-0.1, -0.05) is 0 Å². The first kappa shape index (κ1) is 23.3. The van der Waals surface area contributed by atoms with Gasteiger partial charge in [0.1, 0.15) is 17.8 Å². The Labute approximate surface area is 172 Å². The number of nitrogens with zero attached hydrogens (tertiary/aromatic N) is 3. The summed E-state index contributed by atoms with van der Waals surface area (Å²) in [6.45, 7) is 1.81. The Balaban J connectivity index is 2.00. The minimum absolute atomic E-state index is 0.0413. The highest BCUT2D eigenvalue weighted by atomic mass is 19.4. The maximum Gasteiger partial charge on any atom is 0.422 e. The number of rotatable bonds is 4. The number of pyridine rings is 1. The van der Waals surface area contributed by atoms with Gasteiger partial charge in [0.05, 0.1) is 11.1 Å². The van der Waals surface area contributed by atoms with Gasteiger partial charge in [0.2, 0.25) is 5.91 Å². The molecule has 0 aliphatic heterocycles. The van der Waals surface area contributed by atoms with Crippen molar-refractivity contribution in [3.63, 3.8) is 0 Å². The molecule has 0 aliphatic carbocycles. The number of carbonyl (C=O) groups is 1. The van der Waals surface area contributed by atoms with Crippen molar-refractivity contribution in [2.24, 2.45) is 0 Å². The molecule has 0 aliphatic rings. The van der Waals surface area contributed by atoms with Crippen LogP contribution in [0.25, 0.3) is 11.0 Å². The van der Waals surface area contributed by atoms with Gasteiger partial charge in [-0.15, -0.1) is 0 Å². The van der Waals surface area contributed by atoms with Crippen molar-refractivity contribution in [3.8, 4) is 0 Å². The molecule has 1 amide bonds. The third-order valence-electron chi connectivity index (χ3n) is 4.38. The molecule has 0 unspecified atom stereocenters. The molecule has 0 saturated heterocycles. The zero-order chi connectivity index (χ0) is 24.1. The molecule has 14 heteroatoms. The lowest BCUT2D eigenvalue weighted by molar-refractivity contribution is -0.143. The molecule has 0 bridgehead atoms. The van der Waals surface area contributed by atoms with E-state index in [1.165, 1.54) is 19.2 Å². The van der Waals surface area contributed by atoms with Crippen molar-refractivity contribution in [3.05, 3.63) is 51.9 Å². The van der Waals surface area contributed by atoms with E-state index in [9.17, 15) is 44.3 Å². The molecule has 0 spiro atoms. The summed E-state index contributed by atoms with van der Waals surface area (Å²) < 4.78 is 121. The number of nitrogens with one attached hydrogen (secondary N) is 1. The van der Waals surface area contributed by atoms with Gasteiger partial charge in [-0.05, 0) is 19.9 Å². The van der Waals surface area contributed by atoms with Gasteiger partial charge >= 0.3 is 6.18 Å². The van der Waals surface area contributed by atoms with Crippen LogP contribution in [0.5, 0.6) is 0 Å². The van der Waals surface area contributed by atoms with Crippen molar-refractivity contribution >= 4 is 22.6 Å².